The van der Waals surface area contributed by atoms with Gasteiger partial charge in [-0.05, 0) is 68.1 Å². The van der Waals surface area contributed by atoms with Crippen LogP contribution in [0.25, 0.3) is 11.3 Å². The van der Waals surface area contributed by atoms with Gasteiger partial charge in [0.05, 0.1) is 5.69 Å². The Bertz CT molecular complexity index is 1030. The second-order valence-electron chi connectivity index (χ2n) is 6.75. The Balaban J connectivity index is 1.47. The van der Waals surface area contributed by atoms with E-state index >= 15 is 0 Å². The van der Waals surface area contributed by atoms with E-state index in [-0.39, 0.29) is 5.56 Å². The van der Waals surface area contributed by atoms with Gasteiger partial charge in [0.1, 0.15) is 5.75 Å². The average molecular weight is 402 g/mol. The van der Waals surface area contributed by atoms with Crippen LogP contribution in [-0.4, -0.2) is 17.4 Å². The molecule has 5 nitrogen and oxygen atoms in total. The maximum atomic E-state index is 12.4. The third kappa shape index (κ3) is 4.42. The van der Waals surface area contributed by atoms with E-state index in [1.165, 1.54) is 12.1 Å². The van der Waals surface area contributed by atoms with Gasteiger partial charge in [-0.2, -0.15) is 0 Å². The van der Waals surface area contributed by atoms with Crippen LogP contribution < -0.4 is 10.1 Å². The molecule has 0 saturated heterocycles. The van der Waals surface area contributed by atoms with Crippen molar-refractivity contribution in [3.8, 4) is 17.1 Å². The van der Waals surface area contributed by atoms with Crippen LogP contribution in [0.4, 0.5) is 18.9 Å². The molecule has 1 amide bonds. The number of fused-ring (bicyclic) bond motifs is 1. The Kier molecular flexibility index (Phi) is 5.00. The minimum absolute atomic E-state index is 0.0557. The summed E-state index contributed by atoms with van der Waals surface area (Å²) >= 11 is 0. The van der Waals surface area contributed by atoms with Crippen LogP contribution in [0.3, 0.4) is 0 Å². The van der Waals surface area contributed by atoms with Crippen molar-refractivity contribution in [2.45, 2.75) is 32.0 Å². The number of benzene rings is 2. The summed E-state index contributed by atoms with van der Waals surface area (Å²) in [4.78, 5) is 12.4. The van der Waals surface area contributed by atoms with Crippen LogP contribution in [0.5, 0.6) is 5.75 Å². The van der Waals surface area contributed by atoms with E-state index in [2.05, 4.69) is 15.2 Å². The van der Waals surface area contributed by atoms with Gasteiger partial charge >= 0.3 is 6.36 Å². The highest BCUT2D eigenvalue weighted by atomic mass is 19.4. The molecule has 8 heteroatoms. The first-order chi connectivity index (χ1) is 13.9. The van der Waals surface area contributed by atoms with Gasteiger partial charge in [0.25, 0.3) is 5.91 Å². The first kappa shape index (κ1) is 19.0. The topological polar surface area (TPSA) is 64.4 Å². The molecule has 0 atom stereocenters. The number of halogens is 3. The molecule has 0 spiro atoms. The zero-order valence-corrected chi connectivity index (χ0v) is 15.3. The number of amides is 1. The molecule has 0 fully saturated rings. The second-order valence-corrected chi connectivity index (χ2v) is 6.75. The number of aromatic nitrogens is 1. The van der Waals surface area contributed by atoms with E-state index in [1.54, 1.807) is 12.1 Å². The quantitative estimate of drug-likeness (QED) is 0.637. The highest BCUT2D eigenvalue weighted by molar-refractivity contribution is 6.04. The van der Waals surface area contributed by atoms with Crippen LogP contribution >= 0.6 is 0 Å². The molecule has 0 unspecified atom stereocenters. The van der Waals surface area contributed by atoms with Crippen LogP contribution in [0.15, 0.2) is 53.1 Å². The minimum Gasteiger partial charge on any atom is -0.406 e. The third-order valence-corrected chi connectivity index (χ3v) is 4.69. The van der Waals surface area contributed by atoms with Crippen molar-refractivity contribution in [1.82, 2.24) is 5.16 Å². The van der Waals surface area contributed by atoms with Crippen molar-refractivity contribution in [3.05, 3.63) is 65.4 Å². The molecule has 1 heterocycles. The number of aryl methyl sites for hydroxylation is 1. The van der Waals surface area contributed by atoms with Crippen molar-refractivity contribution in [3.63, 3.8) is 0 Å². The van der Waals surface area contributed by atoms with E-state index in [0.717, 1.165) is 60.4 Å². The molecule has 1 N–H and O–H groups in total. The van der Waals surface area contributed by atoms with Gasteiger partial charge in [-0.1, -0.05) is 11.2 Å². The van der Waals surface area contributed by atoms with Crippen molar-refractivity contribution in [1.29, 1.82) is 0 Å². The zero-order chi connectivity index (χ0) is 20.4. The van der Waals surface area contributed by atoms with Crippen LogP contribution in [0.1, 0.15) is 34.5 Å². The molecule has 29 heavy (non-hydrogen) atoms. The van der Waals surface area contributed by atoms with E-state index in [9.17, 15) is 18.0 Å². The maximum absolute atomic E-state index is 12.4. The normalized spacial score (nSPS) is 13.6. The van der Waals surface area contributed by atoms with Gasteiger partial charge in [0.15, 0.2) is 5.76 Å². The minimum atomic E-state index is -4.81. The summed E-state index contributed by atoms with van der Waals surface area (Å²) in [6.07, 6.45) is -0.746. The molecular weight excluding hydrogens is 385 g/mol. The number of hydrogen-bond donors (Lipinski definition) is 1. The molecular formula is C21H17F3N2O3. The third-order valence-electron chi connectivity index (χ3n) is 4.69. The van der Waals surface area contributed by atoms with Crippen LogP contribution in [-0.2, 0) is 12.8 Å². The Labute approximate surface area is 164 Å². The van der Waals surface area contributed by atoms with E-state index in [0.29, 0.717) is 5.69 Å². The number of nitrogens with zero attached hydrogens (tertiary/aromatic N) is 1. The highest BCUT2D eigenvalue weighted by Crippen LogP contribution is 2.32. The maximum Gasteiger partial charge on any atom is 0.573 e. The molecule has 0 bridgehead atoms. The number of carbonyl (C=O) groups excluding carboxylic acids is 1. The van der Waals surface area contributed by atoms with Gasteiger partial charge < -0.3 is 14.6 Å². The molecule has 150 valence electrons. The fraction of sp³-hybridized carbons (Fsp3) is 0.238. The molecule has 0 aliphatic heterocycles. The standard InChI is InChI=1S/C21H17F3N2O3/c22-21(23,24)28-16-5-3-4-14(12-16)20(27)25-15-10-8-13(9-11-15)19-17-6-1-2-7-18(17)26-29-19/h3-5,8-12H,1-2,6-7H2,(H,25,27). The number of hydrogen-bond acceptors (Lipinski definition) is 4. The first-order valence-electron chi connectivity index (χ1n) is 9.14. The van der Waals surface area contributed by atoms with Crippen molar-refractivity contribution < 1.29 is 27.2 Å². The van der Waals surface area contributed by atoms with Gasteiger partial charge in [0, 0.05) is 22.4 Å². The Morgan fingerprint density at radius 3 is 2.59 bits per heavy atom. The predicted octanol–water partition coefficient (Wildman–Crippen LogP) is 5.37. The Morgan fingerprint density at radius 1 is 1.07 bits per heavy atom. The molecule has 0 saturated carbocycles. The number of anilines is 1. The summed E-state index contributed by atoms with van der Waals surface area (Å²) in [5.41, 5.74) is 3.56. The number of nitrogens with one attached hydrogen (secondary N) is 1. The number of alkyl halides is 3. The monoisotopic (exact) mass is 402 g/mol. The summed E-state index contributed by atoms with van der Waals surface area (Å²) < 4.78 is 46.4. The molecule has 1 aromatic heterocycles. The van der Waals surface area contributed by atoms with E-state index < -0.39 is 18.0 Å². The summed E-state index contributed by atoms with van der Waals surface area (Å²) in [5.74, 6) is -0.243. The zero-order valence-electron chi connectivity index (χ0n) is 15.3. The lowest BCUT2D eigenvalue weighted by molar-refractivity contribution is -0.274. The molecule has 1 aliphatic rings. The summed E-state index contributed by atoms with van der Waals surface area (Å²) in [6, 6.07) is 12.0. The van der Waals surface area contributed by atoms with Gasteiger partial charge in [-0.3, -0.25) is 4.79 Å². The van der Waals surface area contributed by atoms with Crippen molar-refractivity contribution in [2.75, 3.05) is 5.32 Å². The molecule has 0 radical (unpaired) electrons. The Morgan fingerprint density at radius 2 is 1.83 bits per heavy atom. The first-order valence-corrected chi connectivity index (χ1v) is 9.14. The largest absolute Gasteiger partial charge is 0.573 e. The lowest BCUT2D eigenvalue weighted by Gasteiger charge is -2.11. The van der Waals surface area contributed by atoms with Gasteiger partial charge in [-0.25, -0.2) is 0 Å². The highest BCUT2D eigenvalue weighted by Gasteiger charge is 2.31. The number of rotatable bonds is 4. The fourth-order valence-corrected chi connectivity index (χ4v) is 3.36. The molecule has 4 rings (SSSR count). The van der Waals surface area contributed by atoms with Crippen molar-refractivity contribution in [2.24, 2.45) is 0 Å². The SMILES string of the molecule is O=C(Nc1ccc(-c2onc3c2CCCC3)cc1)c1cccc(OC(F)(F)F)c1. The molecule has 1 aliphatic carbocycles. The van der Waals surface area contributed by atoms with Crippen LogP contribution in [0, 0.1) is 0 Å². The van der Waals surface area contributed by atoms with E-state index in [1.807, 2.05) is 12.1 Å². The fourth-order valence-electron chi connectivity index (χ4n) is 3.36. The average Bonchev–Trinajstić information content (AvgIpc) is 3.12. The van der Waals surface area contributed by atoms with Crippen LogP contribution in [0.2, 0.25) is 0 Å². The Hall–Kier alpha value is -3.29. The summed E-state index contributed by atoms with van der Waals surface area (Å²) in [5, 5.41) is 6.80. The lowest BCUT2D eigenvalue weighted by atomic mass is 9.94. The summed E-state index contributed by atoms with van der Waals surface area (Å²) in [7, 11) is 0. The second kappa shape index (κ2) is 7.62. The predicted molar refractivity (Wildman–Crippen MR) is 99.7 cm³/mol. The lowest BCUT2D eigenvalue weighted by Crippen LogP contribution is -2.18. The smallest absolute Gasteiger partial charge is 0.406 e. The number of carbonyl (C=O) groups is 1. The number of ether oxygens (including phenoxy) is 1. The molecule has 2 aromatic carbocycles. The van der Waals surface area contributed by atoms with Gasteiger partial charge in [-0.15, -0.1) is 13.2 Å². The van der Waals surface area contributed by atoms with E-state index in [4.69, 9.17) is 4.52 Å². The van der Waals surface area contributed by atoms with Crippen molar-refractivity contribution >= 4 is 11.6 Å². The molecule has 3 aromatic rings. The van der Waals surface area contributed by atoms with Gasteiger partial charge in [0.2, 0.25) is 0 Å². The summed E-state index contributed by atoms with van der Waals surface area (Å²) in [6.45, 7) is 0.